The molecule has 136 valence electrons. The van der Waals surface area contributed by atoms with E-state index in [2.05, 4.69) is 13.8 Å². The topological polar surface area (TPSA) is 51.9 Å². The number of ether oxygens (including phenoxy) is 2. The van der Waals surface area contributed by atoms with Gasteiger partial charge in [-0.15, -0.1) is 0 Å². The number of carbonyl (C=O) groups is 1. The van der Waals surface area contributed by atoms with Crippen LogP contribution in [0.1, 0.15) is 48.4 Å². The van der Waals surface area contributed by atoms with Crippen molar-refractivity contribution in [2.24, 2.45) is 0 Å². The summed E-state index contributed by atoms with van der Waals surface area (Å²) in [5, 5.41) is 0. The molecule has 0 aliphatic carbocycles. The molecule has 0 bridgehead atoms. The Bertz CT molecular complexity index is 693. The van der Waals surface area contributed by atoms with Gasteiger partial charge in [0.25, 0.3) is 5.91 Å². The van der Waals surface area contributed by atoms with Crippen molar-refractivity contribution in [3.8, 4) is 11.5 Å². The Morgan fingerprint density at radius 3 is 2.56 bits per heavy atom. The van der Waals surface area contributed by atoms with Crippen molar-refractivity contribution < 1.29 is 18.7 Å². The van der Waals surface area contributed by atoms with Crippen LogP contribution in [0.25, 0.3) is 0 Å². The lowest BCUT2D eigenvalue weighted by molar-refractivity contribution is 0.0709. The molecule has 0 atom stereocenters. The van der Waals surface area contributed by atoms with Crippen molar-refractivity contribution in [2.45, 2.75) is 40.2 Å². The zero-order valence-corrected chi connectivity index (χ0v) is 15.5. The average Bonchev–Trinajstić information content (AvgIpc) is 3.05. The van der Waals surface area contributed by atoms with Crippen LogP contribution in [0.15, 0.2) is 34.9 Å². The van der Waals surface area contributed by atoms with Crippen molar-refractivity contribution in [1.82, 2.24) is 4.90 Å². The number of hydrogen-bond acceptors (Lipinski definition) is 4. The minimum Gasteiger partial charge on any atom is -0.493 e. The predicted molar refractivity (Wildman–Crippen MR) is 97.3 cm³/mol. The van der Waals surface area contributed by atoms with E-state index >= 15 is 0 Å². The number of methoxy groups -OCH3 is 1. The van der Waals surface area contributed by atoms with Gasteiger partial charge >= 0.3 is 0 Å². The van der Waals surface area contributed by atoms with Crippen molar-refractivity contribution in [3.63, 3.8) is 0 Å². The lowest BCUT2D eigenvalue weighted by Crippen LogP contribution is -2.31. The summed E-state index contributed by atoms with van der Waals surface area (Å²) >= 11 is 0. The van der Waals surface area contributed by atoms with Gasteiger partial charge in [-0.1, -0.05) is 19.9 Å². The molecule has 0 saturated carbocycles. The van der Waals surface area contributed by atoms with Crippen molar-refractivity contribution in [1.29, 1.82) is 0 Å². The van der Waals surface area contributed by atoms with Gasteiger partial charge in [0, 0.05) is 18.7 Å². The fraction of sp³-hybridized carbons (Fsp3) is 0.450. The number of furan rings is 1. The molecule has 0 saturated heterocycles. The molecule has 1 heterocycles. The second kappa shape index (κ2) is 9.16. The van der Waals surface area contributed by atoms with Gasteiger partial charge in [0.2, 0.25) is 0 Å². The van der Waals surface area contributed by atoms with E-state index in [1.54, 1.807) is 24.3 Å². The Kier molecular flexibility index (Phi) is 6.92. The number of carbonyl (C=O) groups excluding carboxylic acids is 1. The summed E-state index contributed by atoms with van der Waals surface area (Å²) in [6.45, 7) is 7.80. The summed E-state index contributed by atoms with van der Waals surface area (Å²) in [6.07, 6.45) is 3.36. The van der Waals surface area contributed by atoms with E-state index in [0.717, 1.165) is 29.7 Å². The number of rotatable bonds is 9. The number of hydrogen-bond donors (Lipinski definition) is 0. The molecule has 5 heteroatoms. The van der Waals surface area contributed by atoms with E-state index in [9.17, 15) is 4.79 Å². The highest BCUT2D eigenvalue weighted by molar-refractivity contribution is 5.92. The molecule has 2 aromatic rings. The van der Waals surface area contributed by atoms with E-state index in [4.69, 9.17) is 13.9 Å². The van der Waals surface area contributed by atoms with Crippen LogP contribution in [0, 0.1) is 6.92 Å². The maximum atomic E-state index is 12.8. The molecule has 2 rings (SSSR count). The Balaban J connectivity index is 2.18. The van der Waals surface area contributed by atoms with Crippen LogP contribution >= 0.6 is 0 Å². The molecule has 25 heavy (non-hydrogen) atoms. The van der Waals surface area contributed by atoms with E-state index in [0.29, 0.717) is 31.2 Å². The predicted octanol–water partition coefficient (Wildman–Crippen LogP) is 4.44. The summed E-state index contributed by atoms with van der Waals surface area (Å²) in [5.74, 6) is 1.73. The van der Waals surface area contributed by atoms with Gasteiger partial charge < -0.3 is 18.8 Å². The molecular weight excluding hydrogens is 318 g/mol. The highest BCUT2D eigenvalue weighted by Gasteiger charge is 2.20. The van der Waals surface area contributed by atoms with E-state index in [1.165, 1.54) is 0 Å². The molecule has 0 fully saturated rings. The highest BCUT2D eigenvalue weighted by Crippen LogP contribution is 2.29. The first-order chi connectivity index (χ1) is 12.1. The lowest BCUT2D eigenvalue weighted by atomic mass is 10.1. The van der Waals surface area contributed by atoms with Crippen molar-refractivity contribution in [3.05, 3.63) is 47.4 Å². The van der Waals surface area contributed by atoms with Gasteiger partial charge in [-0.3, -0.25) is 4.79 Å². The standard InChI is InChI=1S/C20H27NO4/c1-5-10-21(20(22)19-15(3)9-12-25-19)14-16-7-8-17(24-11-6-2)18(13-16)23-4/h7-9,12-13H,5-6,10-11,14H2,1-4H3. The van der Waals surface area contributed by atoms with Crippen molar-refractivity contribution in [2.75, 3.05) is 20.3 Å². The monoisotopic (exact) mass is 345 g/mol. The molecular formula is C20H27NO4. The molecule has 1 aromatic heterocycles. The van der Waals surface area contributed by atoms with Gasteiger partial charge in [0.1, 0.15) is 0 Å². The van der Waals surface area contributed by atoms with Crippen LogP contribution in [0.5, 0.6) is 11.5 Å². The summed E-state index contributed by atoms with van der Waals surface area (Å²) in [5.41, 5.74) is 1.85. The minimum atomic E-state index is -0.0883. The van der Waals surface area contributed by atoms with Crippen LogP contribution in [0.4, 0.5) is 0 Å². The number of benzene rings is 1. The molecule has 1 amide bonds. The van der Waals surface area contributed by atoms with Gasteiger partial charge in [0.15, 0.2) is 17.3 Å². The molecule has 0 aliphatic heterocycles. The number of aryl methyl sites for hydroxylation is 1. The Morgan fingerprint density at radius 2 is 1.96 bits per heavy atom. The van der Waals surface area contributed by atoms with E-state index in [-0.39, 0.29) is 5.91 Å². The summed E-state index contributed by atoms with van der Waals surface area (Å²) in [6, 6.07) is 7.60. The number of amides is 1. The van der Waals surface area contributed by atoms with E-state index in [1.807, 2.05) is 25.1 Å². The van der Waals surface area contributed by atoms with Gasteiger partial charge in [-0.05, 0) is 43.5 Å². The fourth-order valence-electron chi connectivity index (χ4n) is 2.62. The summed E-state index contributed by atoms with van der Waals surface area (Å²) in [4.78, 5) is 14.6. The first-order valence-electron chi connectivity index (χ1n) is 8.73. The molecule has 0 unspecified atom stereocenters. The third-order valence-electron chi connectivity index (χ3n) is 3.90. The summed E-state index contributed by atoms with van der Waals surface area (Å²) in [7, 11) is 1.62. The quantitative estimate of drug-likeness (QED) is 0.674. The average molecular weight is 345 g/mol. The van der Waals surface area contributed by atoms with Gasteiger partial charge in [-0.2, -0.15) is 0 Å². The smallest absolute Gasteiger partial charge is 0.290 e. The van der Waals surface area contributed by atoms with Crippen LogP contribution in [-0.4, -0.2) is 31.1 Å². The van der Waals surface area contributed by atoms with Crippen LogP contribution in [-0.2, 0) is 6.54 Å². The van der Waals surface area contributed by atoms with E-state index < -0.39 is 0 Å². The largest absolute Gasteiger partial charge is 0.493 e. The molecule has 5 nitrogen and oxygen atoms in total. The molecule has 0 N–H and O–H groups in total. The summed E-state index contributed by atoms with van der Waals surface area (Å²) < 4.78 is 16.5. The normalized spacial score (nSPS) is 10.6. The Hall–Kier alpha value is -2.43. The third-order valence-corrected chi connectivity index (χ3v) is 3.90. The minimum absolute atomic E-state index is 0.0883. The highest BCUT2D eigenvalue weighted by atomic mass is 16.5. The maximum absolute atomic E-state index is 12.8. The number of nitrogens with zero attached hydrogens (tertiary/aromatic N) is 1. The van der Waals surface area contributed by atoms with Crippen LogP contribution < -0.4 is 9.47 Å². The maximum Gasteiger partial charge on any atom is 0.290 e. The zero-order valence-electron chi connectivity index (χ0n) is 15.5. The van der Waals surface area contributed by atoms with Gasteiger partial charge in [0.05, 0.1) is 20.0 Å². The Labute approximate surface area is 149 Å². The SMILES string of the molecule is CCCOc1ccc(CN(CCC)C(=O)c2occc2C)cc1OC. The molecule has 1 aromatic carbocycles. The zero-order chi connectivity index (χ0) is 18.2. The first-order valence-corrected chi connectivity index (χ1v) is 8.73. The first kappa shape index (κ1) is 18.9. The van der Waals surface area contributed by atoms with Gasteiger partial charge in [-0.25, -0.2) is 0 Å². The third kappa shape index (κ3) is 4.78. The Morgan fingerprint density at radius 1 is 1.16 bits per heavy atom. The fourth-order valence-corrected chi connectivity index (χ4v) is 2.62. The second-order valence-corrected chi connectivity index (χ2v) is 5.99. The lowest BCUT2D eigenvalue weighted by Gasteiger charge is -2.22. The molecule has 0 aliphatic rings. The second-order valence-electron chi connectivity index (χ2n) is 5.99. The van der Waals surface area contributed by atoms with Crippen molar-refractivity contribution >= 4 is 5.91 Å². The van der Waals surface area contributed by atoms with Crippen LogP contribution in [0.3, 0.4) is 0 Å². The van der Waals surface area contributed by atoms with Crippen LogP contribution in [0.2, 0.25) is 0 Å². The molecule has 0 spiro atoms. The molecule has 0 radical (unpaired) electrons.